The lowest BCUT2D eigenvalue weighted by atomic mass is 9.94. The first-order valence-corrected chi connectivity index (χ1v) is 16.3. The van der Waals surface area contributed by atoms with Crippen LogP contribution in [0, 0.1) is 16.2 Å². The molecule has 254 valence electrons. The van der Waals surface area contributed by atoms with Crippen molar-refractivity contribution in [3.63, 3.8) is 0 Å². The molecule has 13 heteroatoms. The van der Waals surface area contributed by atoms with Crippen molar-refractivity contribution in [1.82, 2.24) is 0 Å². The summed E-state index contributed by atoms with van der Waals surface area (Å²) < 4.78 is 70.3. The lowest BCUT2D eigenvalue weighted by Crippen LogP contribution is -2.61. The number of halogens is 1. The van der Waals surface area contributed by atoms with Crippen LogP contribution in [-0.4, -0.2) is 55.3 Å². The highest BCUT2D eigenvalue weighted by atomic mass is 31.2. The van der Waals surface area contributed by atoms with Crippen LogP contribution in [-0.2, 0) is 42.4 Å². The fourth-order valence-corrected chi connectivity index (χ4v) is 5.05. The minimum absolute atomic E-state index is 0.0799. The number of hydrogen-bond donors (Lipinski definition) is 0. The fraction of sp³-hybridized carbons (Fsp3) is 0.545. The lowest BCUT2D eigenvalue weighted by molar-refractivity contribution is -0.278. The zero-order valence-corrected chi connectivity index (χ0v) is 28.6. The first kappa shape index (κ1) is 37.0. The van der Waals surface area contributed by atoms with E-state index < -0.39 is 79.4 Å². The molecule has 2 aromatic rings. The van der Waals surface area contributed by atoms with Crippen LogP contribution in [0.4, 0.5) is 4.39 Å². The highest BCUT2D eigenvalue weighted by molar-refractivity contribution is 7.49. The summed E-state index contributed by atoms with van der Waals surface area (Å²) in [6.45, 7) is 13.8. The Morgan fingerprint density at radius 1 is 0.696 bits per heavy atom. The van der Waals surface area contributed by atoms with Crippen molar-refractivity contribution in [2.75, 3.05) is 6.61 Å². The van der Waals surface area contributed by atoms with Crippen molar-refractivity contribution in [3.05, 3.63) is 60.7 Å². The second-order valence-corrected chi connectivity index (χ2v) is 15.4. The molecule has 5 unspecified atom stereocenters. The van der Waals surface area contributed by atoms with Gasteiger partial charge in [0.2, 0.25) is 6.29 Å². The molecule has 5 atom stereocenters. The molecule has 0 amide bonds. The van der Waals surface area contributed by atoms with Gasteiger partial charge in [-0.1, -0.05) is 36.4 Å². The molecule has 46 heavy (non-hydrogen) atoms. The van der Waals surface area contributed by atoms with Gasteiger partial charge >= 0.3 is 25.7 Å². The van der Waals surface area contributed by atoms with E-state index in [4.69, 9.17) is 32.5 Å². The van der Waals surface area contributed by atoms with E-state index in [1.807, 2.05) is 0 Å². The van der Waals surface area contributed by atoms with Gasteiger partial charge in [-0.2, -0.15) is 0 Å². The smallest absolute Gasteiger partial charge is 0.462 e. The molecule has 1 heterocycles. The molecule has 0 N–H and O–H groups in total. The third-order valence-electron chi connectivity index (χ3n) is 6.43. The molecule has 2 aromatic carbocycles. The van der Waals surface area contributed by atoms with Crippen molar-refractivity contribution in [3.8, 4) is 11.5 Å². The van der Waals surface area contributed by atoms with E-state index in [0.29, 0.717) is 0 Å². The quantitative estimate of drug-likeness (QED) is 0.150. The van der Waals surface area contributed by atoms with Gasteiger partial charge in [0.15, 0.2) is 18.4 Å². The predicted molar refractivity (Wildman–Crippen MR) is 165 cm³/mol. The second-order valence-electron chi connectivity index (χ2n) is 13.9. The van der Waals surface area contributed by atoms with E-state index in [0.717, 1.165) is 0 Å². The average Bonchev–Trinajstić information content (AvgIpc) is 2.94. The number of ether oxygens (including phenoxy) is 4. The highest BCUT2D eigenvalue weighted by Gasteiger charge is 2.55. The first-order valence-electron chi connectivity index (χ1n) is 14.9. The summed E-state index contributed by atoms with van der Waals surface area (Å²) in [5, 5.41) is 0. The summed E-state index contributed by atoms with van der Waals surface area (Å²) in [5.74, 6) is -2.06. The van der Waals surface area contributed by atoms with Gasteiger partial charge in [-0.15, -0.1) is 0 Å². The van der Waals surface area contributed by atoms with Gasteiger partial charge in [0.1, 0.15) is 24.2 Å². The van der Waals surface area contributed by atoms with Crippen LogP contribution in [0.2, 0.25) is 0 Å². The summed E-state index contributed by atoms with van der Waals surface area (Å²) in [4.78, 5) is 38.9. The van der Waals surface area contributed by atoms with Crippen LogP contribution < -0.4 is 9.05 Å². The summed E-state index contributed by atoms with van der Waals surface area (Å²) in [6, 6.07) is 15.8. The minimum Gasteiger partial charge on any atom is -0.462 e. The molecule has 0 bridgehead atoms. The van der Waals surface area contributed by atoms with E-state index in [1.165, 1.54) is 24.3 Å². The Kier molecular flexibility index (Phi) is 11.7. The first-order chi connectivity index (χ1) is 21.2. The maximum Gasteiger partial charge on any atom is 0.590 e. The van der Waals surface area contributed by atoms with E-state index in [-0.39, 0.29) is 11.5 Å². The van der Waals surface area contributed by atoms with Gasteiger partial charge < -0.3 is 28.0 Å². The highest BCUT2D eigenvalue weighted by Crippen LogP contribution is 2.52. The lowest BCUT2D eigenvalue weighted by Gasteiger charge is -2.43. The molecule has 0 aliphatic carbocycles. The molecule has 1 aliphatic rings. The maximum atomic E-state index is 16.6. The summed E-state index contributed by atoms with van der Waals surface area (Å²) >= 11 is 0. The molecular weight excluding hydrogens is 622 g/mol. The standard InChI is InChI=1S/C33H44FO11P/c1-31(2,3)28(35)39-20-23-25(41-29(36)32(4,5)6)26(42-30(37)33(7,8)9)24(34)27(40-23)45-46(38,43-21-16-12-10-13-17-21)44-22-18-14-11-15-19-22/h10-19,23-27H,20H2,1-9H3. The number of phosphoric ester groups is 1. The van der Waals surface area contributed by atoms with Gasteiger partial charge in [0, 0.05) is 0 Å². The van der Waals surface area contributed by atoms with Crippen molar-refractivity contribution in [1.29, 1.82) is 0 Å². The number of benzene rings is 2. The predicted octanol–water partition coefficient (Wildman–Crippen LogP) is 6.84. The van der Waals surface area contributed by atoms with Crippen molar-refractivity contribution >= 4 is 25.7 Å². The van der Waals surface area contributed by atoms with Crippen LogP contribution in [0.5, 0.6) is 11.5 Å². The normalized spacial score (nSPS) is 22.3. The van der Waals surface area contributed by atoms with Crippen molar-refractivity contribution in [2.45, 2.75) is 93.1 Å². The number of alkyl halides is 1. The Labute approximate surface area is 269 Å². The molecular formula is C33H44FO11P. The van der Waals surface area contributed by atoms with Crippen LogP contribution in [0.25, 0.3) is 0 Å². The van der Waals surface area contributed by atoms with Gasteiger partial charge in [0.05, 0.1) is 16.2 Å². The topological polar surface area (TPSA) is 133 Å². The molecule has 1 saturated heterocycles. The minimum atomic E-state index is -4.75. The number of hydrogen-bond acceptors (Lipinski definition) is 11. The molecule has 11 nitrogen and oxygen atoms in total. The van der Waals surface area contributed by atoms with Crippen LogP contribution in [0.15, 0.2) is 60.7 Å². The summed E-state index contributed by atoms with van der Waals surface area (Å²) in [6.07, 6.45) is -9.32. The van der Waals surface area contributed by atoms with Gasteiger partial charge in [-0.25, -0.2) is 13.5 Å². The largest absolute Gasteiger partial charge is 0.590 e. The molecule has 0 saturated carbocycles. The van der Waals surface area contributed by atoms with Gasteiger partial charge in [0.25, 0.3) is 0 Å². The zero-order chi connectivity index (χ0) is 34.5. The molecule has 1 fully saturated rings. The van der Waals surface area contributed by atoms with E-state index >= 15 is 4.39 Å². The average molecular weight is 667 g/mol. The molecule has 0 aromatic heterocycles. The number of rotatable bonds is 10. The number of carbonyl (C=O) groups excluding carboxylic acids is 3. The number of carbonyl (C=O) groups is 3. The van der Waals surface area contributed by atoms with Crippen LogP contribution in [0.1, 0.15) is 62.3 Å². The van der Waals surface area contributed by atoms with Gasteiger partial charge in [-0.05, 0) is 86.6 Å². The Hall–Kier alpha value is -3.47. The molecule has 0 radical (unpaired) electrons. The van der Waals surface area contributed by atoms with E-state index in [1.54, 1.807) is 98.7 Å². The number of esters is 3. The molecule has 1 aliphatic heterocycles. The fourth-order valence-electron chi connectivity index (χ4n) is 3.75. The number of para-hydroxylation sites is 2. The van der Waals surface area contributed by atoms with Gasteiger partial charge in [-0.3, -0.25) is 14.4 Å². The monoisotopic (exact) mass is 666 g/mol. The number of phosphoric acid groups is 1. The van der Waals surface area contributed by atoms with E-state index in [2.05, 4.69) is 0 Å². The Morgan fingerprint density at radius 3 is 1.52 bits per heavy atom. The Balaban J connectivity index is 2.06. The Bertz CT molecular complexity index is 1330. The van der Waals surface area contributed by atoms with Crippen molar-refractivity contribution < 1.29 is 55.9 Å². The van der Waals surface area contributed by atoms with E-state index in [9.17, 15) is 18.9 Å². The second kappa shape index (κ2) is 14.5. The van der Waals surface area contributed by atoms with Crippen LogP contribution >= 0.6 is 7.82 Å². The Morgan fingerprint density at radius 2 is 1.11 bits per heavy atom. The summed E-state index contributed by atoms with van der Waals surface area (Å²) in [5.41, 5.74) is -3.07. The molecule has 0 spiro atoms. The zero-order valence-electron chi connectivity index (χ0n) is 27.7. The summed E-state index contributed by atoms with van der Waals surface area (Å²) in [7, 11) is -4.75. The third-order valence-corrected chi connectivity index (χ3v) is 7.76. The van der Waals surface area contributed by atoms with Crippen molar-refractivity contribution in [2.24, 2.45) is 16.2 Å². The van der Waals surface area contributed by atoms with Crippen LogP contribution in [0.3, 0.4) is 0 Å². The maximum absolute atomic E-state index is 16.6. The third kappa shape index (κ3) is 10.3. The molecule has 3 rings (SSSR count). The SMILES string of the molecule is CC(C)(C)C(=O)OCC1OC(OP(=O)(Oc2ccccc2)Oc2ccccc2)C(F)C(OC(=O)C(C)(C)C)C1OC(=O)C(C)(C)C.